The van der Waals surface area contributed by atoms with Crippen molar-refractivity contribution >= 4 is 29.0 Å². The molecule has 1 atom stereocenters. The molecule has 1 aliphatic carbocycles. The molecule has 0 fully saturated rings. The van der Waals surface area contributed by atoms with Gasteiger partial charge in [-0.3, -0.25) is 4.79 Å². The fourth-order valence-electron chi connectivity index (χ4n) is 3.63. The predicted octanol–water partition coefficient (Wildman–Crippen LogP) is 4.58. The Morgan fingerprint density at radius 2 is 2.21 bits per heavy atom. The fourth-order valence-corrected chi connectivity index (χ4v) is 5.68. The van der Waals surface area contributed by atoms with Crippen molar-refractivity contribution in [2.45, 2.75) is 51.6 Å². The summed E-state index contributed by atoms with van der Waals surface area (Å²) >= 11 is 3.30. The molecule has 0 saturated heterocycles. The van der Waals surface area contributed by atoms with Crippen molar-refractivity contribution < 1.29 is 4.79 Å². The summed E-state index contributed by atoms with van der Waals surface area (Å²) in [5.41, 5.74) is 2.48. The number of hydrogen-bond donors (Lipinski definition) is 0. The third-order valence-electron chi connectivity index (χ3n) is 5.34. The van der Waals surface area contributed by atoms with Crippen LogP contribution in [0.1, 0.15) is 44.1 Å². The number of hydrogen-bond acceptors (Lipinski definition) is 5. The maximum absolute atomic E-state index is 12.5. The Balaban J connectivity index is 1.68. The highest BCUT2D eigenvalue weighted by Crippen LogP contribution is 2.38. The SMILES string of the molecule is C=C(C)CN(CC)C(=O)CSc1nnc(-c2cc3c(s2)CCC(CC)C3)n1C. The highest BCUT2D eigenvalue weighted by atomic mass is 32.2. The summed E-state index contributed by atoms with van der Waals surface area (Å²) in [5, 5.41) is 9.55. The van der Waals surface area contributed by atoms with Crippen LogP contribution < -0.4 is 0 Å². The summed E-state index contributed by atoms with van der Waals surface area (Å²) in [6.07, 6.45) is 4.92. The van der Waals surface area contributed by atoms with Gasteiger partial charge in [-0.05, 0) is 50.7 Å². The topological polar surface area (TPSA) is 51.0 Å². The van der Waals surface area contributed by atoms with Crippen molar-refractivity contribution in [3.63, 3.8) is 0 Å². The first kappa shape index (κ1) is 21.1. The second kappa shape index (κ2) is 9.27. The number of carbonyl (C=O) groups is 1. The van der Waals surface area contributed by atoms with Crippen LogP contribution in [0, 0.1) is 5.92 Å². The third kappa shape index (κ3) is 4.69. The predicted molar refractivity (Wildman–Crippen MR) is 118 cm³/mol. The summed E-state index contributed by atoms with van der Waals surface area (Å²) in [6.45, 7) is 11.4. The molecule has 0 aliphatic heterocycles. The second-order valence-corrected chi connectivity index (χ2v) is 9.67. The number of rotatable bonds is 8. The van der Waals surface area contributed by atoms with E-state index >= 15 is 0 Å². The van der Waals surface area contributed by atoms with Crippen molar-refractivity contribution in [2.24, 2.45) is 13.0 Å². The lowest BCUT2D eigenvalue weighted by molar-refractivity contribution is -0.127. The van der Waals surface area contributed by atoms with Crippen LogP contribution in [-0.2, 0) is 24.7 Å². The molecule has 2 aromatic heterocycles. The van der Waals surface area contributed by atoms with Crippen LogP contribution in [0.15, 0.2) is 23.4 Å². The first-order valence-corrected chi connectivity index (χ1v) is 11.8. The van der Waals surface area contributed by atoms with Crippen molar-refractivity contribution in [1.82, 2.24) is 19.7 Å². The third-order valence-corrected chi connectivity index (χ3v) is 7.58. The number of thioether (sulfide) groups is 1. The Hall–Kier alpha value is -1.60. The molecule has 0 aromatic carbocycles. The van der Waals surface area contributed by atoms with Crippen LogP contribution in [0.5, 0.6) is 0 Å². The number of likely N-dealkylation sites (N-methyl/N-ethyl adjacent to an activating group) is 1. The molecular formula is C21H30N4OS2. The molecule has 0 bridgehead atoms. The van der Waals surface area contributed by atoms with Gasteiger partial charge < -0.3 is 9.47 Å². The largest absolute Gasteiger partial charge is 0.338 e. The zero-order chi connectivity index (χ0) is 20.3. The summed E-state index contributed by atoms with van der Waals surface area (Å²) in [4.78, 5) is 17.0. The minimum absolute atomic E-state index is 0.109. The van der Waals surface area contributed by atoms with E-state index in [-0.39, 0.29) is 5.91 Å². The van der Waals surface area contributed by atoms with E-state index in [4.69, 9.17) is 0 Å². The van der Waals surface area contributed by atoms with Gasteiger partial charge in [0.05, 0.1) is 10.6 Å². The van der Waals surface area contributed by atoms with Crippen molar-refractivity contribution in [1.29, 1.82) is 0 Å². The van der Waals surface area contributed by atoms with Crippen molar-refractivity contribution in [3.8, 4) is 10.7 Å². The van der Waals surface area contributed by atoms with Gasteiger partial charge in [0.25, 0.3) is 0 Å². The average Bonchev–Trinajstić information content (AvgIpc) is 3.26. The number of aromatic nitrogens is 3. The van der Waals surface area contributed by atoms with Crippen LogP contribution >= 0.6 is 23.1 Å². The standard InChI is InChI=1S/C21H30N4OS2/c1-6-15-8-9-17-16(10-15)11-18(28-17)20-22-23-21(24(20)5)27-13-19(26)25(7-2)12-14(3)4/h11,15H,3,6-10,12-13H2,1-2,4-5H3. The molecule has 7 heteroatoms. The Labute approximate surface area is 176 Å². The minimum Gasteiger partial charge on any atom is -0.338 e. The maximum Gasteiger partial charge on any atom is 0.233 e. The van der Waals surface area contributed by atoms with E-state index in [9.17, 15) is 4.79 Å². The molecule has 28 heavy (non-hydrogen) atoms. The number of nitrogens with zero attached hydrogens (tertiary/aromatic N) is 4. The van der Waals surface area contributed by atoms with Crippen molar-refractivity contribution in [2.75, 3.05) is 18.8 Å². The summed E-state index contributed by atoms with van der Waals surface area (Å²) < 4.78 is 2.02. The molecule has 3 rings (SSSR count). The van der Waals surface area contributed by atoms with E-state index < -0.39 is 0 Å². The minimum atomic E-state index is 0.109. The molecule has 1 aliphatic rings. The van der Waals surface area contributed by atoms with E-state index in [1.54, 1.807) is 0 Å². The number of amides is 1. The van der Waals surface area contributed by atoms with Gasteiger partial charge in [-0.15, -0.1) is 21.5 Å². The molecule has 0 N–H and O–H groups in total. The van der Waals surface area contributed by atoms with E-state index in [1.165, 1.54) is 52.8 Å². The molecule has 5 nitrogen and oxygen atoms in total. The number of fused-ring (bicyclic) bond motifs is 1. The van der Waals surface area contributed by atoms with E-state index in [1.807, 2.05) is 41.7 Å². The molecule has 2 aromatic rings. The quantitative estimate of drug-likeness (QED) is 0.465. The van der Waals surface area contributed by atoms with Gasteiger partial charge in [0, 0.05) is 25.0 Å². The summed E-state index contributed by atoms with van der Waals surface area (Å²) in [6, 6.07) is 2.30. The second-order valence-electron chi connectivity index (χ2n) is 7.60. The van der Waals surface area contributed by atoms with Crippen LogP contribution in [-0.4, -0.2) is 44.4 Å². The molecule has 0 radical (unpaired) electrons. The molecule has 1 amide bonds. The van der Waals surface area contributed by atoms with E-state index in [0.29, 0.717) is 18.8 Å². The fraction of sp³-hybridized carbons (Fsp3) is 0.571. The zero-order valence-corrected chi connectivity index (χ0v) is 19.0. The van der Waals surface area contributed by atoms with Crippen molar-refractivity contribution in [3.05, 3.63) is 28.7 Å². The highest BCUT2D eigenvalue weighted by Gasteiger charge is 2.23. The molecule has 152 valence electrons. The molecule has 1 unspecified atom stereocenters. The lowest BCUT2D eigenvalue weighted by Crippen LogP contribution is -2.33. The van der Waals surface area contributed by atoms with Crippen LogP contribution in [0.4, 0.5) is 0 Å². The van der Waals surface area contributed by atoms with Crippen LogP contribution in [0.3, 0.4) is 0 Å². The van der Waals surface area contributed by atoms with Gasteiger partial charge in [-0.2, -0.15) is 0 Å². The Kier molecular flexibility index (Phi) is 6.99. The monoisotopic (exact) mass is 418 g/mol. The van der Waals surface area contributed by atoms with E-state index in [0.717, 1.165) is 22.5 Å². The maximum atomic E-state index is 12.5. The number of carbonyl (C=O) groups excluding carboxylic acids is 1. The molecular weight excluding hydrogens is 388 g/mol. The lowest BCUT2D eigenvalue weighted by atomic mass is 9.87. The highest BCUT2D eigenvalue weighted by molar-refractivity contribution is 7.99. The summed E-state index contributed by atoms with van der Waals surface area (Å²) in [5.74, 6) is 2.19. The molecule has 2 heterocycles. The zero-order valence-electron chi connectivity index (χ0n) is 17.3. The molecule has 0 spiro atoms. The number of aryl methyl sites for hydroxylation is 1. The first-order chi connectivity index (χ1) is 13.4. The number of thiophene rings is 1. The Bertz CT molecular complexity index is 855. The van der Waals surface area contributed by atoms with E-state index in [2.05, 4.69) is 29.8 Å². The molecule has 0 saturated carbocycles. The van der Waals surface area contributed by atoms with Gasteiger partial charge in [0.15, 0.2) is 11.0 Å². The summed E-state index contributed by atoms with van der Waals surface area (Å²) in [7, 11) is 1.99. The Morgan fingerprint density at radius 1 is 1.43 bits per heavy atom. The van der Waals surface area contributed by atoms with Gasteiger partial charge in [-0.1, -0.05) is 37.3 Å². The Morgan fingerprint density at radius 3 is 2.89 bits per heavy atom. The smallest absolute Gasteiger partial charge is 0.233 e. The normalized spacial score (nSPS) is 16.1. The van der Waals surface area contributed by atoms with Crippen LogP contribution in [0.2, 0.25) is 0 Å². The van der Waals surface area contributed by atoms with Gasteiger partial charge in [-0.25, -0.2) is 0 Å². The van der Waals surface area contributed by atoms with Gasteiger partial charge in [0.2, 0.25) is 5.91 Å². The van der Waals surface area contributed by atoms with Gasteiger partial charge >= 0.3 is 0 Å². The van der Waals surface area contributed by atoms with Crippen LogP contribution in [0.25, 0.3) is 10.7 Å². The van der Waals surface area contributed by atoms with Gasteiger partial charge in [0.1, 0.15) is 0 Å². The first-order valence-electron chi connectivity index (χ1n) is 9.99. The average molecular weight is 419 g/mol. The lowest BCUT2D eigenvalue weighted by Gasteiger charge is -2.20.